The number of hydrogen-bond acceptors (Lipinski definition) is 6. The van der Waals surface area contributed by atoms with Gasteiger partial charge in [0.05, 0.1) is 17.5 Å². The number of hydrogen-bond donors (Lipinski definition) is 1. The van der Waals surface area contributed by atoms with Crippen molar-refractivity contribution < 1.29 is 9.21 Å². The molecule has 1 aromatic carbocycles. The Morgan fingerprint density at radius 1 is 1.17 bits per heavy atom. The lowest BCUT2D eigenvalue weighted by Gasteiger charge is -2.32. The topological polar surface area (TPSA) is 71.3 Å². The second kappa shape index (κ2) is 9.45. The van der Waals surface area contributed by atoms with Gasteiger partial charge in [0.25, 0.3) is 5.91 Å². The summed E-state index contributed by atoms with van der Waals surface area (Å²) in [5, 5.41) is 3.88. The second-order valence-electron chi connectivity index (χ2n) is 7.50. The highest BCUT2D eigenvalue weighted by molar-refractivity contribution is 7.98. The number of furan rings is 1. The summed E-state index contributed by atoms with van der Waals surface area (Å²) in [6, 6.07) is 14.3. The molecule has 1 aliphatic rings. The van der Waals surface area contributed by atoms with Gasteiger partial charge in [-0.25, -0.2) is 9.97 Å². The van der Waals surface area contributed by atoms with Gasteiger partial charge in [0.2, 0.25) is 0 Å². The van der Waals surface area contributed by atoms with Crippen molar-refractivity contribution >= 4 is 17.7 Å². The van der Waals surface area contributed by atoms with Crippen molar-refractivity contribution in [3.05, 3.63) is 65.5 Å². The molecular weight excluding hydrogens is 396 g/mol. The molecule has 0 atom stereocenters. The predicted octanol–water partition coefficient (Wildman–Crippen LogP) is 4.16. The molecule has 0 spiro atoms. The quantitative estimate of drug-likeness (QED) is 0.475. The molecule has 1 aliphatic heterocycles. The van der Waals surface area contributed by atoms with Crippen LogP contribution in [0.4, 0.5) is 0 Å². The van der Waals surface area contributed by atoms with Crippen LogP contribution in [0.2, 0.25) is 0 Å². The van der Waals surface area contributed by atoms with Crippen molar-refractivity contribution in [1.82, 2.24) is 20.2 Å². The number of carbonyl (C=O) groups excluding carboxylic acids is 1. The van der Waals surface area contributed by atoms with E-state index in [1.807, 2.05) is 25.3 Å². The molecule has 1 N–H and O–H groups in total. The van der Waals surface area contributed by atoms with Gasteiger partial charge in [-0.1, -0.05) is 30.3 Å². The van der Waals surface area contributed by atoms with Crippen LogP contribution in [0.5, 0.6) is 0 Å². The minimum atomic E-state index is -0.0932. The number of piperidine rings is 1. The molecule has 0 unspecified atom stereocenters. The van der Waals surface area contributed by atoms with E-state index in [-0.39, 0.29) is 11.9 Å². The van der Waals surface area contributed by atoms with E-state index in [2.05, 4.69) is 44.5 Å². The summed E-state index contributed by atoms with van der Waals surface area (Å²) in [7, 11) is 0. The third-order valence-electron chi connectivity index (χ3n) is 5.39. The first-order valence-electron chi connectivity index (χ1n) is 10.2. The fourth-order valence-electron chi connectivity index (χ4n) is 3.81. The van der Waals surface area contributed by atoms with Crippen LogP contribution in [0, 0.1) is 6.92 Å². The number of nitrogens with one attached hydrogen (secondary N) is 1. The van der Waals surface area contributed by atoms with Gasteiger partial charge in [0.15, 0.2) is 11.6 Å². The zero-order valence-corrected chi connectivity index (χ0v) is 18.1. The molecule has 0 saturated carbocycles. The first kappa shape index (κ1) is 20.6. The Morgan fingerprint density at radius 3 is 2.60 bits per heavy atom. The summed E-state index contributed by atoms with van der Waals surface area (Å²) in [6.07, 6.45) is 5.40. The number of amides is 1. The number of aryl methyl sites for hydroxylation is 1. The summed E-state index contributed by atoms with van der Waals surface area (Å²) >= 11 is 1.45. The Morgan fingerprint density at radius 2 is 1.93 bits per heavy atom. The molecule has 0 aliphatic carbocycles. The van der Waals surface area contributed by atoms with Crippen LogP contribution in [-0.4, -0.2) is 46.2 Å². The molecule has 2 aromatic heterocycles. The van der Waals surface area contributed by atoms with Crippen LogP contribution < -0.4 is 5.32 Å². The van der Waals surface area contributed by atoms with E-state index in [4.69, 9.17) is 4.42 Å². The minimum Gasteiger partial charge on any atom is -0.461 e. The summed E-state index contributed by atoms with van der Waals surface area (Å²) in [4.78, 5) is 24.6. The smallest absolute Gasteiger partial charge is 0.256 e. The first-order valence-corrected chi connectivity index (χ1v) is 11.4. The van der Waals surface area contributed by atoms with Gasteiger partial charge >= 0.3 is 0 Å². The number of likely N-dealkylation sites (tertiary alicyclic amines) is 1. The molecule has 1 saturated heterocycles. The molecule has 3 aromatic rings. The number of nitrogens with zero attached hydrogens (tertiary/aromatic N) is 3. The van der Waals surface area contributed by atoms with Gasteiger partial charge < -0.3 is 9.73 Å². The van der Waals surface area contributed by atoms with E-state index in [1.165, 1.54) is 17.3 Å². The number of rotatable bonds is 6. The number of benzene rings is 1. The maximum atomic E-state index is 13.0. The Balaban J connectivity index is 1.39. The van der Waals surface area contributed by atoms with Gasteiger partial charge in [-0.2, -0.15) is 0 Å². The Kier molecular flexibility index (Phi) is 6.50. The van der Waals surface area contributed by atoms with E-state index in [0.717, 1.165) is 32.5 Å². The summed E-state index contributed by atoms with van der Waals surface area (Å²) in [5.74, 6) is 1.02. The molecule has 1 fully saturated rings. The maximum Gasteiger partial charge on any atom is 0.256 e. The number of thioether (sulfide) groups is 1. The second-order valence-corrected chi connectivity index (χ2v) is 8.30. The highest BCUT2D eigenvalue weighted by Crippen LogP contribution is 2.25. The maximum absolute atomic E-state index is 13.0. The van der Waals surface area contributed by atoms with E-state index in [1.54, 1.807) is 12.3 Å². The van der Waals surface area contributed by atoms with Gasteiger partial charge in [0.1, 0.15) is 5.03 Å². The summed E-state index contributed by atoms with van der Waals surface area (Å²) < 4.78 is 5.41. The summed E-state index contributed by atoms with van der Waals surface area (Å²) in [5.41, 5.74) is 2.55. The van der Waals surface area contributed by atoms with Crippen molar-refractivity contribution in [1.29, 1.82) is 0 Å². The van der Waals surface area contributed by atoms with E-state index >= 15 is 0 Å². The van der Waals surface area contributed by atoms with Crippen LogP contribution in [0.15, 0.2) is 58.2 Å². The van der Waals surface area contributed by atoms with Gasteiger partial charge in [-0.3, -0.25) is 9.69 Å². The average Bonchev–Trinajstić information content (AvgIpc) is 3.30. The third-order valence-corrected chi connectivity index (χ3v) is 6.07. The van der Waals surface area contributed by atoms with Gasteiger partial charge in [-0.15, -0.1) is 11.8 Å². The largest absolute Gasteiger partial charge is 0.461 e. The summed E-state index contributed by atoms with van der Waals surface area (Å²) in [6.45, 7) is 4.76. The molecule has 7 heteroatoms. The molecule has 156 valence electrons. The third kappa shape index (κ3) is 4.74. The van der Waals surface area contributed by atoms with E-state index in [9.17, 15) is 4.79 Å². The fraction of sp³-hybridized carbons (Fsp3) is 0.348. The van der Waals surface area contributed by atoms with E-state index < -0.39 is 0 Å². The SMILES string of the molecule is CSc1nc(-c2ccco2)nc(C)c1C(=O)NC1CCN(Cc2ccccc2)CC1. The van der Waals surface area contributed by atoms with Crippen LogP contribution in [0.1, 0.15) is 34.5 Å². The molecule has 4 rings (SSSR count). The monoisotopic (exact) mass is 422 g/mol. The molecule has 3 heterocycles. The Bertz CT molecular complexity index is 984. The molecule has 0 radical (unpaired) electrons. The van der Waals surface area contributed by atoms with Crippen molar-refractivity contribution in [2.24, 2.45) is 0 Å². The van der Waals surface area contributed by atoms with Crippen molar-refractivity contribution in [2.45, 2.75) is 37.4 Å². The lowest BCUT2D eigenvalue weighted by molar-refractivity contribution is 0.0904. The molecule has 1 amide bonds. The normalized spacial score (nSPS) is 15.3. The number of aromatic nitrogens is 2. The molecule has 6 nitrogen and oxygen atoms in total. The highest BCUT2D eigenvalue weighted by atomic mass is 32.2. The van der Waals surface area contributed by atoms with Crippen molar-refractivity contribution in [3.63, 3.8) is 0 Å². The van der Waals surface area contributed by atoms with Gasteiger partial charge in [-0.05, 0) is 43.7 Å². The van der Waals surface area contributed by atoms with Crippen molar-refractivity contribution in [2.75, 3.05) is 19.3 Å². The average molecular weight is 423 g/mol. The van der Waals surface area contributed by atoms with Crippen LogP contribution in [0.25, 0.3) is 11.6 Å². The molecular formula is C23H26N4O2S. The lowest BCUT2D eigenvalue weighted by Crippen LogP contribution is -2.44. The van der Waals surface area contributed by atoms with Crippen LogP contribution in [-0.2, 0) is 6.54 Å². The van der Waals surface area contributed by atoms with Crippen LogP contribution in [0.3, 0.4) is 0 Å². The van der Waals surface area contributed by atoms with E-state index in [0.29, 0.717) is 27.9 Å². The zero-order chi connectivity index (χ0) is 20.9. The van der Waals surface area contributed by atoms with Crippen molar-refractivity contribution in [3.8, 4) is 11.6 Å². The highest BCUT2D eigenvalue weighted by Gasteiger charge is 2.25. The zero-order valence-electron chi connectivity index (χ0n) is 17.3. The molecule has 30 heavy (non-hydrogen) atoms. The Labute approximate surface area is 181 Å². The fourth-order valence-corrected chi connectivity index (χ4v) is 4.43. The number of carbonyl (C=O) groups is 1. The lowest BCUT2D eigenvalue weighted by atomic mass is 10.0. The molecule has 0 bridgehead atoms. The minimum absolute atomic E-state index is 0.0932. The standard InChI is InChI=1S/C23H26N4O2S/c1-16-20(23(30-2)26-21(24-16)19-9-6-14-29-19)22(28)25-18-10-12-27(13-11-18)15-17-7-4-3-5-8-17/h3-9,14,18H,10-13,15H2,1-2H3,(H,25,28). The predicted molar refractivity (Wildman–Crippen MR) is 118 cm³/mol. The van der Waals surface area contributed by atoms with Gasteiger partial charge in [0, 0.05) is 25.7 Å². The first-order chi connectivity index (χ1) is 14.6. The van der Waals surface area contributed by atoms with Crippen LogP contribution >= 0.6 is 11.8 Å². The Hall–Kier alpha value is -2.64.